The van der Waals surface area contributed by atoms with Crippen LogP contribution in [0.5, 0.6) is 0 Å². The van der Waals surface area contributed by atoms with E-state index in [1.54, 1.807) is 0 Å². The maximum absolute atomic E-state index is 12.3. The Morgan fingerprint density at radius 2 is 1.41 bits per heavy atom. The summed E-state index contributed by atoms with van der Waals surface area (Å²) in [5.41, 5.74) is 2.07. The molecule has 1 heterocycles. The number of ether oxygens (including phenoxy) is 1. The Morgan fingerprint density at radius 1 is 0.852 bits per heavy atom. The Morgan fingerprint density at radius 3 is 2.04 bits per heavy atom. The fourth-order valence-electron chi connectivity index (χ4n) is 3.82. The minimum Gasteiger partial charge on any atom is -0.461 e. The largest absolute Gasteiger partial charge is 0.461 e. The van der Waals surface area contributed by atoms with Crippen molar-refractivity contribution in [2.45, 2.75) is 118 Å². The van der Waals surface area contributed by atoms with Crippen molar-refractivity contribution in [3.8, 4) is 0 Å². The van der Waals surface area contributed by atoms with Crippen molar-refractivity contribution in [2.24, 2.45) is 5.41 Å². The van der Waals surface area contributed by atoms with Gasteiger partial charge >= 0.3 is 5.97 Å². The molecule has 1 rings (SSSR count). The van der Waals surface area contributed by atoms with Gasteiger partial charge in [-0.15, -0.1) is 0 Å². The summed E-state index contributed by atoms with van der Waals surface area (Å²) in [4.78, 5) is 12.3. The van der Waals surface area contributed by atoms with Crippen LogP contribution in [-0.2, 0) is 9.53 Å². The van der Waals surface area contributed by atoms with Gasteiger partial charge in [-0.25, -0.2) is 4.79 Å². The first kappa shape index (κ1) is 24.0. The average molecular weight is 377 g/mol. The summed E-state index contributed by atoms with van der Waals surface area (Å²) >= 11 is 0. The molecule has 27 heavy (non-hydrogen) atoms. The van der Waals surface area contributed by atoms with Gasteiger partial charge in [0.05, 0.1) is 0 Å². The van der Waals surface area contributed by atoms with E-state index in [1.165, 1.54) is 76.2 Å². The number of hydrogen-bond donors (Lipinski definition) is 0. The third kappa shape index (κ3) is 9.63. The normalized spacial score (nSPS) is 17.0. The number of hydrogen-bond acceptors (Lipinski definition) is 2. The van der Waals surface area contributed by atoms with Gasteiger partial charge in [0.25, 0.3) is 0 Å². The molecule has 2 nitrogen and oxygen atoms in total. The Labute approximate surface area is 168 Å². The van der Waals surface area contributed by atoms with E-state index >= 15 is 0 Å². The minimum atomic E-state index is -0.0897. The predicted octanol–water partition coefficient (Wildman–Crippen LogP) is 7.92. The summed E-state index contributed by atoms with van der Waals surface area (Å²) in [6.45, 7) is 9.36. The second-order valence-electron chi connectivity index (χ2n) is 8.83. The van der Waals surface area contributed by atoms with Crippen molar-refractivity contribution in [2.75, 3.05) is 6.61 Å². The lowest BCUT2D eigenvalue weighted by Gasteiger charge is -2.33. The number of unbranched alkanes of at least 4 members (excludes halogenated alkanes) is 11. The van der Waals surface area contributed by atoms with Crippen LogP contribution in [0, 0.1) is 5.41 Å². The molecule has 1 aliphatic rings. The summed E-state index contributed by atoms with van der Waals surface area (Å²) in [5.74, 6) is -0.0897. The molecule has 156 valence electrons. The zero-order valence-corrected chi connectivity index (χ0v) is 18.6. The quantitative estimate of drug-likeness (QED) is 0.214. The first-order chi connectivity index (χ1) is 13.0. The maximum atomic E-state index is 12.3. The molecule has 0 saturated heterocycles. The highest BCUT2D eigenvalue weighted by molar-refractivity contribution is 5.91. The Bertz CT molecular complexity index is 471. The van der Waals surface area contributed by atoms with Crippen molar-refractivity contribution in [3.05, 3.63) is 23.3 Å². The lowest BCUT2D eigenvalue weighted by atomic mass is 9.79. The van der Waals surface area contributed by atoms with E-state index in [-0.39, 0.29) is 11.4 Å². The predicted molar refractivity (Wildman–Crippen MR) is 117 cm³/mol. The van der Waals surface area contributed by atoms with Gasteiger partial charge in [-0.2, -0.15) is 0 Å². The van der Waals surface area contributed by atoms with E-state index < -0.39 is 0 Å². The van der Waals surface area contributed by atoms with Gasteiger partial charge in [0.1, 0.15) is 6.61 Å². The third-order valence-corrected chi connectivity index (χ3v) is 5.65. The van der Waals surface area contributed by atoms with Crippen LogP contribution in [0.4, 0.5) is 0 Å². The number of allylic oxidation sites excluding steroid dienone is 2. The summed E-state index contributed by atoms with van der Waals surface area (Å²) < 4.78 is 5.44. The molecule has 1 aliphatic heterocycles. The highest BCUT2D eigenvalue weighted by Gasteiger charge is 2.33. The number of rotatable bonds is 15. The van der Waals surface area contributed by atoms with E-state index in [0.717, 1.165) is 24.8 Å². The molecule has 0 aromatic rings. The molecule has 0 bridgehead atoms. The van der Waals surface area contributed by atoms with E-state index in [9.17, 15) is 4.79 Å². The highest BCUT2D eigenvalue weighted by atomic mass is 16.5. The summed E-state index contributed by atoms with van der Waals surface area (Å²) in [7, 11) is 0. The fourth-order valence-corrected chi connectivity index (χ4v) is 3.82. The summed E-state index contributed by atoms with van der Waals surface area (Å²) in [6.07, 6.45) is 22.2. The van der Waals surface area contributed by atoms with E-state index in [0.29, 0.717) is 6.61 Å². The Kier molecular flexibility index (Phi) is 12.5. The van der Waals surface area contributed by atoms with Crippen molar-refractivity contribution < 1.29 is 9.53 Å². The second-order valence-corrected chi connectivity index (χ2v) is 8.83. The van der Waals surface area contributed by atoms with Gasteiger partial charge in [0, 0.05) is 11.0 Å². The summed E-state index contributed by atoms with van der Waals surface area (Å²) in [5, 5.41) is 0. The van der Waals surface area contributed by atoms with Crippen molar-refractivity contribution >= 4 is 5.97 Å². The van der Waals surface area contributed by atoms with Gasteiger partial charge in [-0.3, -0.25) is 0 Å². The monoisotopic (exact) mass is 376 g/mol. The highest BCUT2D eigenvalue weighted by Crippen LogP contribution is 2.36. The van der Waals surface area contributed by atoms with Gasteiger partial charge < -0.3 is 4.74 Å². The first-order valence-electron chi connectivity index (χ1n) is 11.6. The molecule has 0 saturated carbocycles. The molecule has 0 spiro atoms. The molecule has 2 heteroatoms. The lowest BCUT2D eigenvalue weighted by Crippen LogP contribution is -2.31. The zero-order valence-electron chi connectivity index (χ0n) is 18.6. The van der Waals surface area contributed by atoms with Crippen molar-refractivity contribution in [3.63, 3.8) is 0 Å². The molecule has 0 fully saturated rings. The molecule has 0 N–H and O–H groups in total. The molecule has 0 aromatic carbocycles. The van der Waals surface area contributed by atoms with Gasteiger partial charge in [0.15, 0.2) is 0 Å². The van der Waals surface area contributed by atoms with Gasteiger partial charge in [-0.1, -0.05) is 104 Å². The fraction of sp³-hybridized carbons (Fsp3) is 0.800. The van der Waals surface area contributed by atoms with Crippen LogP contribution in [0.2, 0.25) is 0 Å². The SMILES string of the molecule is CCCCCCCCCCC/C=C/C1=C(CCCCC)C(=O)OCC1(C)C. The minimum absolute atomic E-state index is 0.0650. The van der Waals surface area contributed by atoms with Crippen molar-refractivity contribution in [1.82, 2.24) is 0 Å². The van der Waals surface area contributed by atoms with Gasteiger partial charge in [0.2, 0.25) is 0 Å². The van der Waals surface area contributed by atoms with Crippen LogP contribution in [0.1, 0.15) is 118 Å². The molecule has 0 unspecified atom stereocenters. The number of cyclic esters (lactones) is 1. The van der Waals surface area contributed by atoms with Crippen LogP contribution >= 0.6 is 0 Å². The lowest BCUT2D eigenvalue weighted by molar-refractivity contribution is -0.143. The van der Waals surface area contributed by atoms with E-state index in [1.807, 2.05) is 0 Å². The van der Waals surface area contributed by atoms with Gasteiger partial charge in [-0.05, 0) is 31.3 Å². The third-order valence-electron chi connectivity index (χ3n) is 5.65. The maximum Gasteiger partial charge on any atom is 0.334 e. The van der Waals surface area contributed by atoms with E-state index in [2.05, 4.69) is 39.8 Å². The smallest absolute Gasteiger partial charge is 0.334 e. The molecular formula is C25H44O2. The molecule has 0 aromatic heterocycles. The number of esters is 1. The topological polar surface area (TPSA) is 26.3 Å². The van der Waals surface area contributed by atoms with E-state index in [4.69, 9.17) is 4.74 Å². The Balaban J connectivity index is 2.40. The number of carbonyl (C=O) groups excluding carboxylic acids is 1. The molecular weight excluding hydrogens is 332 g/mol. The van der Waals surface area contributed by atoms with Crippen LogP contribution in [-0.4, -0.2) is 12.6 Å². The molecule has 0 radical (unpaired) electrons. The standard InChI is InChI=1S/C25H44O2/c1-5-7-9-10-11-12-13-14-15-16-18-20-23-22(19-17-8-6-2)24(26)27-21-25(23,3)4/h18,20H,5-17,19,21H2,1-4H3/b20-18+. The summed E-state index contributed by atoms with van der Waals surface area (Å²) in [6, 6.07) is 0. The first-order valence-corrected chi connectivity index (χ1v) is 11.6. The number of carbonyl (C=O) groups is 1. The van der Waals surface area contributed by atoms with Crippen LogP contribution in [0.25, 0.3) is 0 Å². The molecule has 0 aliphatic carbocycles. The van der Waals surface area contributed by atoms with Crippen molar-refractivity contribution in [1.29, 1.82) is 0 Å². The average Bonchev–Trinajstić information content (AvgIpc) is 2.64. The van der Waals surface area contributed by atoms with Crippen LogP contribution in [0.15, 0.2) is 23.3 Å². The second kappa shape index (κ2) is 14.0. The molecule has 0 atom stereocenters. The van der Waals surface area contributed by atoms with Crippen LogP contribution in [0.3, 0.4) is 0 Å². The molecule has 0 amide bonds. The zero-order chi connectivity index (χ0) is 20.0. The Hall–Kier alpha value is -1.05. The van der Waals surface area contributed by atoms with Crippen LogP contribution < -0.4 is 0 Å².